The summed E-state index contributed by atoms with van der Waals surface area (Å²) >= 11 is 0. The molecule has 0 amide bonds. The minimum atomic E-state index is 0.727. The Morgan fingerprint density at radius 1 is 1.67 bits per heavy atom. The van der Waals surface area contributed by atoms with Gasteiger partial charge in [-0.1, -0.05) is 18.6 Å². The van der Waals surface area contributed by atoms with Crippen LogP contribution in [0.1, 0.15) is 26.2 Å². The highest BCUT2D eigenvalue weighted by Crippen LogP contribution is 2.49. The van der Waals surface area contributed by atoms with E-state index in [9.17, 15) is 0 Å². The monoisotopic (exact) mass is 161 g/mol. The van der Waals surface area contributed by atoms with Gasteiger partial charge in [0, 0.05) is 12.1 Å². The predicted molar refractivity (Wildman–Crippen MR) is 52.2 cm³/mol. The number of hydrogen-bond donors (Lipinski definition) is 0. The van der Waals surface area contributed by atoms with Crippen molar-refractivity contribution < 1.29 is 0 Å². The summed E-state index contributed by atoms with van der Waals surface area (Å²) in [6, 6.07) is 0. The summed E-state index contributed by atoms with van der Waals surface area (Å²) in [6.45, 7) is 5.73. The van der Waals surface area contributed by atoms with Crippen molar-refractivity contribution in [3.8, 4) is 0 Å². The highest BCUT2D eigenvalue weighted by atomic mass is 14.6. The van der Waals surface area contributed by atoms with Gasteiger partial charge in [-0.05, 0) is 37.5 Å². The van der Waals surface area contributed by atoms with Gasteiger partial charge in [0.15, 0.2) is 0 Å². The molecular formula is C11H15N. The van der Waals surface area contributed by atoms with Crippen LogP contribution in [0.3, 0.4) is 0 Å². The van der Waals surface area contributed by atoms with Gasteiger partial charge < -0.3 is 0 Å². The van der Waals surface area contributed by atoms with Crippen LogP contribution in [-0.4, -0.2) is 6.72 Å². The molecule has 0 spiro atoms. The van der Waals surface area contributed by atoms with E-state index < -0.39 is 0 Å². The number of allylic oxidation sites excluding steroid dienone is 3. The zero-order valence-electron chi connectivity index (χ0n) is 7.59. The molecule has 2 aliphatic rings. The lowest BCUT2D eigenvalue weighted by Gasteiger charge is -2.33. The van der Waals surface area contributed by atoms with Crippen molar-refractivity contribution in [3.63, 3.8) is 0 Å². The van der Waals surface area contributed by atoms with E-state index in [1.165, 1.54) is 24.8 Å². The van der Waals surface area contributed by atoms with Gasteiger partial charge >= 0.3 is 0 Å². The smallest absolute Gasteiger partial charge is 0.0258 e. The van der Waals surface area contributed by atoms with Crippen molar-refractivity contribution in [1.29, 1.82) is 0 Å². The molecule has 0 unspecified atom stereocenters. The Morgan fingerprint density at radius 2 is 2.50 bits per heavy atom. The van der Waals surface area contributed by atoms with Crippen LogP contribution in [0.25, 0.3) is 0 Å². The molecule has 0 N–H and O–H groups in total. The number of nitrogens with zero attached hydrogens (tertiary/aromatic N) is 1. The summed E-state index contributed by atoms with van der Waals surface area (Å²) in [7, 11) is 0. The lowest BCUT2D eigenvalue weighted by molar-refractivity contribution is 0.353. The second kappa shape index (κ2) is 2.89. The van der Waals surface area contributed by atoms with Crippen LogP contribution in [0.5, 0.6) is 0 Å². The number of hydrogen-bond acceptors (Lipinski definition) is 1. The zero-order valence-corrected chi connectivity index (χ0v) is 7.59. The maximum absolute atomic E-state index is 3.83. The summed E-state index contributed by atoms with van der Waals surface area (Å²) in [5, 5.41) is 0. The Morgan fingerprint density at radius 3 is 3.17 bits per heavy atom. The van der Waals surface area contributed by atoms with E-state index in [4.69, 9.17) is 0 Å². The van der Waals surface area contributed by atoms with Gasteiger partial charge in [-0.3, -0.25) is 4.99 Å². The van der Waals surface area contributed by atoms with Crippen LogP contribution in [0.15, 0.2) is 28.4 Å². The SMILES string of the molecule is C=N/C=C1\C[C@H]2CC(CC)=C[C@@H]12. The molecular weight excluding hydrogens is 146 g/mol. The van der Waals surface area contributed by atoms with Crippen LogP contribution in [-0.2, 0) is 0 Å². The van der Waals surface area contributed by atoms with Gasteiger partial charge in [0.05, 0.1) is 0 Å². The lowest BCUT2D eigenvalue weighted by Crippen LogP contribution is -2.23. The Hall–Kier alpha value is -0.850. The van der Waals surface area contributed by atoms with Crippen LogP contribution >= 0.6 is 0 Å². The van der Waals surface area contributed by atoms with Crippen molar-refractivity contribution in [2.75, 3.05) is 0 Å². The molecule has 1 heteroatoms. The standard InChI is InChI=1S/C11H15N/c1-3-8-4-9-6-10(7-12-2)11(9)5-8/h5,7,9,11H,2-4,6H2,1H3/b10-7+/t9-,11-/m1/s1. The Kier molecular flexibility index (Phi) is 1.87. The number of fused-ring (bicyclic) bond motifs is 1. The normalized spacial score (nSPS) is 35.8. The summed E-state index contributed by atoms with van der Waals surface area (Å²) in [6.07, 6.45) is 8.18. The van der Waals surface area contributed by atoms with Crippen molar-refractivity contribution >= 4 is 6.72 Å². The van der Waals surface area contributed by atoms with Crippen LogP contribution in [0, 0.1) is 11.8 Å². The summed E-state index contributed by atoms with van der Waals surface area (Å²) in [5.74, 6) is 1.64. The van der Waals surface area contributed by atoms with E-state index in [-0.39, 0.29) is 0 Å². The van der Waals surface area contributed by atoms with Gasteiger partial charge in [-0.2, -0.15) is 0 Å². The van der Waals surface area contributed by atoms with E-state index in [0.29, 0.717) is 0 Å². The maximum atomic E-state index is 3.83. The van der Waals surface area contributed by atoms with Crippen molar-refractivity contribution in [2.24, 2.45) is 16.8 Å². The van der Waals surface area contributed by atoms with E-state index in [1.807, 2.05) is 6.20 Å². The molecule has 1 saturated carbocycles. The third kappa shape index (κ3) is 1.04. The lowest BCUT2D eigenvalue weighted by atomic mass is 9.72. The Labute approximate surface area is 73.9 Å². The molecule has 0 radical (unpaired) electrons. The number of aliphatic imine (C=N–C) groups is 1. The number of rotatable bonds is 2. The molecule has 0 aromatic carbocycles. The Bertz CT molecular complexity index is 260. The van der Waals surface area contributed by atoms with Crippen molar-refractivity contribution in [2.45, 2.75) is 26.2 Å². The van der Waals surface area contributed by atoms with Crippen molar-refractivity contribution in [1.82, 2.24) is 0 Å². The highest BCUT2D eigenvalue weighted by molar-refractivity contribution is 5.35. The van der Waals surface area contributed by atoms with Crippen LogP contribution < -0.4 is 0 Å². The summed E-state index contributed by atoms with van der Waals surface area (Å²) in [4.78, 5) is 3.83. The quantitative estimate of drug-likeness (QED) is 0.436. The fraction of sp³-hybridized carbons (Fsp3) is 0.545. The van der Waals surface area contributed by atoms with E-state index in [0.717, 1.165) is 11.8 Å². The van der Waals surface area contributed by atoms with Gasteiger partial charge in [0.25, 0.3) is 0 Å². The molecule has 0 heterocycles. The molecule has 0 saturated heterocycles. The van der Waals surface area contributed by atoms with Gasteiger partial charge in [-0.25, -0.2) is 0 Å². The minimum absolute atomic E-state index is 0.727. The van der Waals surface area contributed by atoms with E-state index in [2.05, 4.69) is 24.7 Å². The predicted octanol–water partition coefficient (Wildman–Crippen LogP) is 2.95. The topological polar surface area (TPSA) is 12.4 Å². The van der Waals surface area contributed by atoms with Gasteiger partial charge in [0.2, 0.25) is 0 Å². The zero-order chi connectivity index (χ0) is 8.55. The third-order valence-corrected chi connectivity index (χ3v) is 3.08. The van der Waals surface area contributed by atoms with Crippen LogP contribution in [0.2, 0.25) is 0 Å². The first-order valence-electron chi connectivity index (χ1n) is 4.69. The largest absolute Gasteiger partial charge is 0.273 e. The molecule has 2 rings (SSSR count). The van der Waals surface area contributed by atoms with E-state index >= 15 is 0 Å². The third-order valence-electron chi connectivity index (χ3n) is 3.08. The molecule has 1 fully saturated rings. The summed E-state index contributed by atoms with van der Waals surface area (Å²) in [5.41, 5.74) is 3.12. The molecule has 2 atom stereocenters. The fourth-order valence-corrected chi connectivity index (χ4v) is 2.33. The first kappa shape index (κ1) is 7.78. The average Bonchev–Trinajstić information content (AvgIpc) is 2.39. The minimum Gasteiger partial charge on any atom is -0.273 e. The molecule has 0 aliphatic heterocycles. The van der Waals surface area contributed by atoms with Crippen LogP contribution in [0.4, 0.5) is 0 Å². The van der Waals surface area contributed by atoms with Gasteiger partial charge in [0.1, 0.15) is 0 Å². The molecule has 0 bridgehead atoms. The molecule has 12 heavy (non-hydrogen) atoms. The van der Waals surface area contributed by atoms with E-state index in [1.54, 1.807) is 5.57 Å². The maximum Gasteiger partial charge on any atom is 0.0258 e. The highest BCUT2D eigenvalue weighted by Gasteiger charge is 2.38. The molecule has 64 valence electrons. The molecule has 1 nitrogen and oxygen atoms in total. The summed E-state index contributed by atoms with van der Waals surface area (Å²) < 4.78 is 0. The average molecular weight is 161 g/mol. The molecule has 0 aromatic heterocycles. The fourth-order valence-electron chi connectivity index (χ4n) is 2.33. The second-order valence-corrected chi connectivity index (χ2v) is 3.76. The first-order chi connectivity index (χ1) is 5.85. The molecule has 2 aliphatic carbocycles. The first-order valence-corrected chi connectivity index (χ1v) is 4.69. The van der Waals surface area contributed by atoms with Crippen molar-refractivity contribution in [3.05, 3.63) is 23.4 Å². The molecule has 0 aromatic rings. The second-order valence-electron chi connectivity index (χ2n) is 3.76. The Balaban J connectivity index is 2.10. The van der Waals surface area contributed by atoms with Gasteiger partial charge in [-0.15, -0.1) is 0 Å².